The third-order valence-corrected chi connectivity index (χ3v) is 12.6. The predicted molar refractivity (Wildman–Crippen MR) is 273 cm³/mol. The SMILES string of the molecule is CC(C)CC(NC(=O)C(Cc1c[nH]c2ccccc12)NC(=O)C1CCCN1C(=O)C(CCC(=O)O)NC(=O)CNC(=O)C(CC(=O)O)NC(=O)C(N)CS)C(=O)NC(Cc1ccccc1)C(=O)NC(CS)C(=O)O. The normalized spacial score (nSPS) is 16.0. The number of nitrogens with one attached hydrogen (secondary N) is 8. The lowest BCUT2D eigenvalue weighted by Gasteiger charge is -2.30. The van der Waals surface area contributed by atoms with Crippen molar-refractivity contribution in [3.63, 3.8) is 0 Å². The summed E-state index contributed by atoms with van der Waals surface area (Å²) in [6.07, 6.45) is -0.0326. The molecule has 8 amide bonds. The second-order valence-electron chi connectivity index (χ2n) is 18.1. The van der Waals surface area contributed by atoms with Crippen LogP contribution in [0.2, 0.25) is 0 Å². The van der Waals surface area contributed by atoms with Crippen LogP contribution in [0.3, 0.4) is 0 Å². The molecule has 26 heteroatoms. The number of hydrogen-bond acceptors (Lipinski definition) is 14. The number of fused-ring (bicyclic) bond motifs is 1. The first kappa shape index (κ1) is 59.4. The van der Waals surface area contributed by atoms with Crippen molar-refractivity contribution in [3.8, 4) is 0 Å². The molecule has 402 valence electrons. The lowest BCUT2D eigenvalue weighted by Crippen LogP contribution is -2.60. The molecular formula is C48H64N10O14S2. The number of aliphatic carboxylic acids is 3. The lowest BCUT2D eigenvalue weighted by molar-refractivity contribution is -0.143. The minimum Gasteiger partial charge on any atom is -0.481 e. The number of rotatable bonds is 29. The monoisotopic (exact) mass is 1070 g/mol. The second kappa shape index (κ2) is 28.9. The summed E-state index contributed by atoms with van der Waals surface area (Å²) >= 11 is 7.94. The number of amides is 8. The van der Waals surface area contributed by atoms with Crippen molar-refractivity contribution in [1.29, 1.82) is 0 Å². The van der Waals surface area contributed by atoms with Crippen molar-refractivity contribution in [2.24, 2.45) is 11.7 Å². The molecule has 1 saturated heterocycles. The molecule has 74 heavy (non-hydrogen) atoms. The Labute approximate surface area is 436 Å². The van der Waals surface area contributed by atoms with Crippen molar-refractivity contribution in [2.45, 2.75) is 114 Å². The number of carbonyl (C=O) groups is 11. The van der Waals surface area contributed by atoms with Gasteiger partial charge in [-0.3, -0.25) is 47.9 Å². The van der Waals surface area contributed by atoms with Gasteiger partial charge in [-0.2, -0.15) is 25.3 Å². The maximum absolute atomic E-state index is 14.6. The molecule has 24 nitrogen and oxygen atoms in total. The zero-order valence-corrected chi connectivity index (χ0v) is 42.5. The number of carbonyl (C=O) groups excluding carboxylic acids is 8. The number of aromatic nitrogens is 1. The first-order valence-electron chi connectivity index (χ1n) is 23.7. The van der Waals surface area contributed by atoms with Gasteiger partial charge in [0, 0.05) is 54.4 Å². The molecule has 1 fully saturated rings. The smallest absolute Gasteiger partial charge is 0.327 e. The minimum absolute atomic E-state index is 0.0209. The molecule has 2 heterocycles. The highest BCUT2D eigenvalue weighted by atomic mass is 32.1. The molecule has 1 aromatic heterocycles. The number of hydrogen-bond donors (Lipinski definition) is 14. The average Bonchev–Trinajstić information content (AvgIpc) is 4.02. The van der Waals surface area contributed by atoms with Gasteiger partial charge in [-0.1, -0.05) is 62.4 Å². The van der Waals surface area contributed by atoms with E-state index in [1.54, 1.807) is 74.6 Å². The Morgan fingerprint density at radius 3 is 1.92 bits per heavy atom. The number of carboxylic acids is 3. The zero-order valence-electron chi connectivity index (χ0n) is 40.7. The van der Waals surface area contributed by atoms with Gasteiger partial charge in [0.1, 0.15) is 42.3 Å². The van der Waals surface area contributed by atoms with Crippen LogP contribution in [0.25, 0.3) is 10.9 Å². The Hall–Kier alpha value is -7.19. The number of thiol groups is 2. The fraction of sp³-hybridized carbons (Fsp3) is 0.479. The number of carboxylic acid groups (broad SMARTS) is 3. The van der Waals surface area contributed by atoms with Crippen molar-refractivity contribution in [3.05, 3.63) is 71.9 Å². The number of para-hydroxylation sites is 1. The number of nitrogens with two attached hydrogens (primary N) is 1. The minimum atomic E-state index is -1.65. The molecule has 8 unspecified atom stereocenters. The Kier molecular flexibility index (Phi) is 23.2. The number of benzene rings is 2. The Morgan fingerprint density at radius 2 is 1.30 bits per heavy atom. The van der Waals surface area contributed by atoms with Gasteiger partial charge in [-0.25, -0.2) is 4.79 Å². The fourth-order valence-corrected chi connectivity index (χ4v) is 8.49. The molecule has 3 aromatic rings. The Bertz CT molecular complexity index is 2510. The zero-order chi connectivity index (χ0) is 54.6. The van der Waals surface area contributed by atoms with Crippen LogP contribution in [0.4, 0.5) is 0 Å². The third kappa shape index (κ3) is 18.1. The number of aromatic amines is 1. The van der Waals surface area contributed by atoms with E-state index in [1.165, 1.54) is 0 Å². The van der Waals surface area contributed by atoms with E-state index in [2.05, 4.69) is 67.5 Å². The van der Waals surface area contributed by atoms with E-state index in [4.69, 9.17) is 5.73 Å². The maximum Gasteiger partial charge on any atom is 0.327 e. The molecule has 4 rings (SSSR count). The van der Waals surface area contributed by atoms with Crippen LogP contribution in [0, 0.1) is 5.92 Å². The molecule has 13 N–H and O–H groups in total. The number of H-pyrrole nitrogens is 1. The van der Waals surface area contributed by atoms with E-state index >= 15 is 0 Å². The summed E-state index contributed by atoms with van der Waals surface area (Å²) in [4.78, 5) is 149. The quantitative estimate of drug-likeness (QED) is 0.0357. The molecule has 0 bridgehead atoms. The molecule has 0 saturated carbocycles. The highest BCUT2D eigenvalue weighted by Gasteiger charge is 2.40. The summed E-state index contributed by atoms with van der Waals surface area (Å²) in [6, 6.07) is 4.84. The molecule has 1 aliphatic heterocycles. The molecule has 0 spiro atoms. The van der Waals surface area contributed by atoms with E-state index in [-0.39, 0.29) is 56.1 Å². The van der Waals surface area contributed by atoms with Crippen molar-refractivity contribution < 1.29 is 68.1 Å². The first-order valence-corrected chi connectivity index (χ1v) is 25.0. The van der Waals surface area contributed by atoms with Crippen molar-refractivity contribution in [1.82, 2.24) is 47.1 Å². The molecule has 0 aliphatic carbocycles. The van der Waals surface area contributed by atoms with Gasteiger partial charge in [0.25, 0.3) is 0 Å². The molecular weight excluding hydrogens is 1000 g/mol. The van der Waals surface area contributed by atoms with E-state index < -0.39 is 139 Å². The van der Waals surface area contributed by atoms with Crippen LogP contribution in [0.5, 0.6) is 0 Å². The van der Waals surface area contributed by atoms with E-state index in [0.717, 1.165) is 15.8 Å². The molecule has 0 radical (unpaired) electrons. The van der Waals surface area contributed by atoms with Crippen LogP contribution >= 0.6 is 25.3 Å². The highest BCUT2D eigenvalue weighted by molar-refractivity contribution is 7.80. The van der Waals surface area contributed by atoms with E-state index in [1.807, 2.05) is 0 Å². The van der Waals surface area contributed by atoms with Crippen LogP contribution in [0.15, 0.2) is 60.8 Å². The Balaban J connectivity index is 1.58. The van der Waals surface area contributed by atoms with E-state index in [9.17, 15) is 68.1 Å². The van der Waals surface area contributed by atoms with E-state index in [0.29, 0.717) is 11.1 Å². The first-order chi connectivity index (χ1) is 35.1. The highest BCUT2D eigenvalue weighted by Crippen LogP contribution is 2.23. The summed E-state index contributed by atoms with van der Waals surface area (Å²) in [5.74, 6) is -11.7. The van der Waals surface area contributed by atoms with Crippen LogP contribution in [-0.4, -0.2) is 163 Å². The second-order valence-corrected chi connectivity index (χ2v) is 18.8. The summed E-state index contributed by atoms with van der Waals surface area (Å²) < 4.78 is 0. The van der Waals surface area contributed by atoms with Gasteiger partial charge in [-0.15, -0.1) is 0 Å². The van der Waals surface area contributed by atoms with Gasteiger partial charge >= 0.3 is 17.9 Å². The number of nitrogens with zero attached hydrogens (tertiary/aromatic N) is 1. The predicted octanol–water partition coefficient (Wildman–Crippen LogP) is -1.37. The van der Waals surface area contributed by atoms with Gasteiger partial charge in [-0.05, 0) is 48.8 Å². The van der Waals surface area contributed by atoms with Gasteiger partial charge in [0.05, 0.1) is 19.0 Å². The molecule has 1 aliphatic rings. The van der Waals surface area contributed by atoms with Crippen molar-refractivity contribution >= 4 is 101 Å². The van der Waals surface area contributed by atoms with Gasteiger partial charge in [0.2, 0.25) is 47.3 Å². The van der Waals surface area contributed by atoms with Crippen LogP contribution < -0.4 is 43.0 Å². The summed E-state index contributed by atoms with van der Waals surface area (Å²) in [6.45, 7) is 2.73. The lowest BCUT2D eigenvalue weighted by atomic mass is 9.99. The topological polar surface area (TPSA) is 378 Å². The van der Waals surface area contributed by atoms with Crippen LogP contribution in [-0.2, 0) is 65.6 Å². The number of likely N-dealkylation sites (tertiary alicyclic amines) is 1. The van der Waals surface area contributed by atoms with Crippen LogP contribution in [0.1, 0.15) is 63.5 Å². The third-order valence-electron chi connectivity index (χ3n) is 11.9. The largest absolute Gasteiger partial charge is 0.481 e. The summed E-state index contributed by atoms with van der Waals surface area (Å²) in [5, 5.41) is 46.5. The van der Waals surface area contributed by atoms with Gasteiger partial charge < -0.3 is 68.2 Å². The maximum atomic E-state index is 14.6. The Morgan fingerprint density at radius 1 is 0.689 bits per heavy atom. The van der Waals surface area contributed by atoms with Crippen molar-refractivity contribution in [2.75, 3.05) is 24.6 Å². The average molecular weight is 1070 g/mol. The summed E-state index contributed by atoms with van der Waals surface area (Å²) in [7, 11) is 0. The molecule has 8 atom stereocenters. The molecule has 2 aromatic carbocycles. The summed E-state index contributed by atoms with van der Waals surface area (Å²) in [5.41, 5.74) is 7.58. The van der Waals surface area contributed by atoms with Gasteiger partial charge in [0.15, 0.2) is 0 Å². The standard InChI is InChI=1S/C48H64N10O14S2/c1-25(2)17-32(43(66)55-33(18-26-9-4-3-5-10-26)44(67)57-36(24-74)48(71)72)54-45(68)34(19-27-21-50-30-12-7-6-11-28(27)30)56-46(69)37-13-8-16-58(37)47(70)31(14-15-39(60)61)52-38(59)22-51-42(65)35(20-40(62)63)53-41(64)29(49)23-73/h3-7,9-12,21,25,29,31-37,50,73-74H,8,13-20,22-24,49H2,1-2H3,(H,51,65)(H,52,59)(H,53,64)(H,54,68)(H,55,66)(H,56,69)(H,57,67)(H,60,61)(H,62,63)(H,71,72). The fourth-order valence-electron chi connectivity index (χ4n) is 8.07.